The smallest absolute Gasteiger partial charge is 0.136 e. The number of aromatic nitrogens is 1. The highest BCUT2D eigenvalue weighted by Crippen LogP contribution is 2.28. The zero-order valence-electron chi connectivity index (χ0n) is 8.61. The molecule has 0 aliphatic heterocycles. The second-order valence-corrected chi connectivity index (χ2v) is 4.30. The molecule has 0 aromatic carbocycles. The van der Waals surface area contributed by atoms with Crippen molar-refractivity contribution in [2.45, 2.75) is 26.3 Å². The van der Waals surface area contributed by atoms with Crippen molar-refractivity contribution >= 4 is 5.69 Å². The van der Waals surface area contributed by atoms with Crippen LogP contribution in [-0.2, 0) is 0 Å². The van der Waals surface area contributed by atoms with E-state index < -0.39 is 0 Å². The fourth-order valence-electron chi connectivity index (χ4n) is 1.02. The molecule has 13 heavy (non-hydrogen) atoms. The first-order valence-corrected chi connectivity index (χ1v) is 4.34. The Labute approximate surface area is 79.2 Å². The van der Waals surface area contributed by atoms with Gasteiger partial charge < -0.3 is 9.85 Å². The number of nitrogens with zero attached hydrogens (tertiary/aromatic N) is 2. The summed E-state index contributed by atoms with van der Waals surface area (Å²) in [4.78, 5) is 3.89. The first-order chi connectivity index (χ1) is 5.86. The Balaban J connectivity index is 3.08. The molecule has 1 aromatic heterocycles. The summed E-state index contributed by atoms with van der Waals surface area (Å²) in [7, 11) is 1.66. The van der Waals surface area contributed by atoms with Crippen molar-refractivity contribution in [1.82, 2.24) is 9.63 Å². The molecule has 0 fully saturated rings. The molecule has 0 N–H and O–H groups in total. The number of hydrogen-bond donors (Lipinski definition) is 0. The summed E-state index contributed by atoms with van der Waals surface area (Å²) in [6.45, 7) is 5.79. The minimum Gasteiger partial charge on any atom is -0.627 e. The Bertz CT molecular complexity index is 275. The molecule has 0 radical (unpaired) electrons. The molecule has 1 heterocycles. The van der Waals surface area contributed by atoms with Gasteiger partial charge in [-0.05, 0) is 20.8 Å². The largest absolute Gasteiger partial charge is 0.627 e. The highest BCUT2D eigenvalue weighted by atomic mass is 16.5. The van der Waals surface area contributed by atoms with E-state index in [0.29, 0.717) is 0 Å². The van der Waals surface area contributed by atoms with Crippen LogP contribution in [0.2, 0.25) is 0 Å². The molecule has 1 aromatic rings. The quantitative estimate of drug-likeness (QED) is 0.491. The van der Waals surface area contributed by atoms with E-state index in [9.17, 15) is 5.21 Å². The maximum absolute atomic E-state index is 12.2. The van der Waals surface area contributed by atoms with E-state index in [1.807, 2.05) is 20.8 Å². The Hall–Kier alpha value is -0.930. The van der Waals surface area contributed by atoms with Crippen LogP contribution in [-0.4, -0.2) is 17.6 Å². The fourth-order valence-corrected chi connectivity index (χ4v) is 1.02. The number of rotatable bonds is 1. The van der Waals surface area contributed by atoms with Crippen LogP contribution in [0.25, 0.3) is 0 Å². The van der Waals surface area contributed by atoms with Gasteiger partial charge in [0, 0.05) is 24.5 Å². The average Bonchev–Trinajstić information content (AvgIpc) is 2.04. The van der Waals surface area contributed by atoms with Crippen molar-refractivity contribution in [3.05, 3.63) is 29.7 Å². The monoisotopic (exact) mass is 180 g/mol. The van der Waals surface area contributed by atoms with Crippen LogP contribution in [0.15, 0.2) is 24.5 Å². The van der Waals surface area contributed by atoms with Gasteiger partial charge in [-0.3, -0.25) is 4.98 Å². The molecular formula is C10H16N2O. The van der Waals surface area contributed by atoms with Crippen molar-refractivity contribution in [2.75, 3.05) is 7.05 Å². The molecular weight excluding hydrogens is 164 g/mol. The van der Waals surface area contributed by atoms with Gasteiger partial charge >= 0.3 is 0 Å². The van der Waals surface area contributed by atoms with Gasteiger partial charge in [0.05, 0.1) is 12.6 Å². The maximum atomic E-state index is 12.2. The summed E-state index contributed by atoms with van der Waals surface area (Å²) in [6, 6.07) is 3.52. The fraction of sp³-hybridized carbons (Fsp3) is 0.500. The molecule has 0 bridgehead atoms. The van der Waals surface area contributed by atoms with Gasteiger partial charge in [0.1, 0.15) is 5.69 Å². The van der Waals surface area contributed by atoms with Crippen LogP contribution in [0.5, 0.6) is 0 Å². The molecule has 3 heteroatoms. The second-order valence-electron chi connectivity index (χ2n) is 4.30. The van der Waals surface area contributed by atoms with Crippen molar-refractivity contribution in [3.8, 4) is 0 Å². The normalized spacial score (nSPS) is 16.7. The molecule has 0 spiro atoms. The highest BCUT2D eigenvalue weighted by Gasteiger charge is 2.29. The molecule has 0 aliphatic rings. The van der Waals surface area contributed by atoms with Crippen molar-refractivity contribution < 1.29 is 0 Å². The first kappa shape index (κ1) is 10.2. The number of quaternary nitrogens is 1. The Morgan fingerprint density at radius 1 is 1.23 bits per heavy atom. The van der Waals surface area contributed by atoms with Crippen LogP contribution in [0.4, 0.5) is 5.69 Å². The van der Waals surface area contributed by atoms with E-state index >= 15 is 0 Å². The molecule has 0 amide bonds. The number of pyridine rings is 1. The predicted octanol–water partition coefficient (Wildman–Crippen LogP) is 2.32. The minimum atomic E-state index is -0.379. The van der Waals surface area contributed by atoms with Crippen molar-refractivity contribution in [1.29, 1.82) is 0 Å². The standard InChI is InChI=1S/C10H16N2O/c1-10(2,3)12(4,13)9-5-7-11-8-6-9/h5-8H,1-4H3. The first-order valence-electron chi connectivity index (χ1n) is 4.34. The lowest BCUT2D eigenvalue weighted by Gasteiger charge is -2.48. The SMILES string of the molecule is CC(C)(C)[N+](C)([O-])c1ccncc1. The molecule has 3 nitrogen and oxygen atoms in total. The molecule has 1 unspecified atom stereocenters. The maximum Gasteiger partial charge on any atom is 0.136 e. The Morgan fingerprint density at radius 2 is 1.69 bits per heavy atom. The Kier molecular flexibility index (Phi) is 2.41. The van der Waals surface area contributed by atoms with E-state index in [1.54, 1.807) is 31.6 Å². The van der Waals surface area contributed by atoms with E-state index in [2.05, 4.69) is 4.98 Å². The summed E-state index contributed by atoms with van der Waals surface area (Å²) in [6.07, 6.45) is 3.30. The molecule has 0 saturated carbocycles. The third-order valence-corrected chi connectivity index (χ3v) is 2.44. The Morgan fingerprint density at radius 3 is 2.08 bits per heavy atom. The van der Waals surface area contributed by atoms with Crippen LogP contribution in [0.1, 0.15) is 20.8 Å². The van der Waals surface area contributed by atoms with Crippen molar-refractivity contribution in [2.24, 2.45) is 0 Å². The summed E-state index contributed by atoms with van der Waals surface area (Å²) in [5.74, 6) is 0. The third kappa shape index (κ3) is 1.87. The average molecular weight is 180 g/mol. The minimum absolute atomic E-state index is 0.346. The van der Waals surface area contributed by atoms with Gasteiger partial charge in [-0.1, -0.05) is 0 Å². The van der Waals surface area contributed by atoms with Crippen LogP contribution >= 0.6 is 0 Å². The van der Waals surface area contributed by atoms with E-state index in [1.165, 1.54) is 0 Å². The van der Waals surface area contributed by atoms with Crippen LogP contribution in [0, 0.1) is 5.21 Å². The summed E-state index contributed by atoms with van der Waals surface area (Å²) < 4.78 is -0.379. The molecule has 0 aliphatic carbocycles. The van der Waals surface area contributed by atoms with E-state index in [-0.39, 0.29) is 10.2 Å². The third-order valence-electron chi connectivity index (χ3n) is 2.44. The summed E-state index contributed by atoms with van der Waals surface area (Å²) in [5, 5.41) is 12.2. The molecule has 1 atom stereocenters. The topological polar surface area (TPSA) is 36.0 Å². The zero-order chi connectivity index (χ0) is 10.1. The molecule has 72 valence electrons. The molecule has 1 rings (SSSR count). The highest BCUT2D eigenvalue weighted by molar-refractivity contribution is 5.42. The lowest BCUT2D eigenvalue weighted by atomic mass is 10.1. The van der Waals surface area contributed by atoms with Gasteiger partial charge in [-0.15, -0.1) is 0 Å². The number of hydrogen-bond acceptors (Lipinski definition) is 2. The predicted molar refractivity (Wildman–Crippen MR) is 55.1 cm³/mol. The van der Waals surface area contributed by atoms with E-state index in [0.717, 1.165) is 5.69 Å². The second kappa shape index (κ2) is 3.09. The van der Waals surface area contributed by atoms with E-state index in [4.69, 9.17) is 0 Å². The van der Waals surface area contributed by atoms with Crippen LogP contribution < -0.4 is 4.65 Å². The lowest BCUT2D eigenvalue weighted by molar-refractivity contribution is 0.249. The van der Waals surface area contributed by atoms with Gasteiger partial charge in [-0.25, -0.2) is 0 Å². The lowest BCUT2D eigenvalue weighted by Crippen LogP contribution is -2.53. The molecule has 0 saturated heterocycles. The van der Waals surface area contributed by atoms with Gasteiger partial charge in [0.2, 0.25) is 0 Å². The van der Waals surface area contributed by atoms with Crippen molar-refractivity contribution in [3.63, 3.8) is 0 Å². The van der Waals surface area contributed by atoms with Crippen LogP contribution in [0.3, 0.4) is 0 Å². The van der Waals surface area contributed by atoms with Gasteiger partial charge in [-0.2, -0.15) is 0 Å². The summed E-state index contributed by atoms with van der Waals surface area (Å²) >= 11 is 0. The van der Waals surface area contributed by atoms with Gasteiger partial charge in [0.25, 0.3) is 0 Å². The number of hydroxylamine groups is 2. The summed E-state index contributed by atoms with van der Waals surface area (Å²) in [5.41, 5.74) is 0.393. The zero-order valence-corrected chi connectivity index (χ0v) is 8.61. The van der Waals surface area contributed by atoms with Gasteiger partial charge in [0.15, 0.2) is 0 Å².